The van der Waals surface area contributed by atoms with Crippen molar-refractivity contribution in [3.05, 3.63) is 28.7 Å². The molecule has 2 rings (SSSR count). The van der Waals surface area contributed by atoms with Gasteiger partial charge in [-0.2, -0.15) is 0 Å². The van der Waals surface area contributed by atoms with Crippen molar-refractivity contribution < 1.29 is 4.74 Å². The van der Waals surface area contributed by atoms with Crippen LogP contribution in [-0.4, -0.2) is 28.6 Å². The molecule has 1 aliphatic heterocycles. The Morgan fingerprint density at radius 1 is 1.47 bits per heavy atom. The number of ether oxygens (including phenoxy) is 1. The third kappa shape index (κ3) is 2.97. The summed E-state index contributed by atoms with van der Waals surface area (Å²) in [6, 6.07) is 3.22. The van der Waals surface area contributed by atoms with Crippen molar-refractivity contribution in [2.75, 3.05) is 13.1 Å². The summed E-state index contributed by atoms with van der Waals surface area (Å²) in [6.07, 6.45) is 3.56. The summed E-state index contributed by atoms with van der Waals surface area (Å²) in [5, 5.41) is 0. The highest BCUT2D eigenvalue weighted by molar-refractivity contribution is 6.13. The molecule has 1 aromatic rings. The van der Waals surface area contributed by atoms with E-state index < -0.39 is 0 Å². The SMILES string of the molecule is O=c1cc(OC2CCN(Cl)CC2)cc[nH]1. The zero-order valence-corrected chi connectivity index (χ0v) is 9.04. The molecule has 0 saturated carbocycles. The second-order valence-corrected chi connectivity index (χ2v) is 4.09. The Labute approximate surface area is 92.9 Å². The van der Waals surface area contributed by atoms with Crippen LogP contribution in [0.25, 0.3) is 0 Å². The molecule has 1 N–H and O–H groups in total. The number of nitrogens with zero attached hydrogens (tertiary/aromatic N) is 1. The van der Waals surface area contributed by atoms with E-state index in [9.17, 15) is 4.79 Å². The molecule has 4 nitrogen and oxygen atoms in total. The molecule has 0 unspecified atom stereocenters. The Hall–Kier alpha value is -1.00. The van der Waals surface area contributed by atoms with Crippen molar-refractivity contribution in [2.24, 2.45) is 0 Å². The van der Waals surface area contributed by atoms with Crippen LogP contribution in [-0.2, 0) is 0 Å². The van der Waals surface area contributed by atoms with Crippen LogP contribution in [0, 0.1) is 0 Å². The van der Waals surface area contributed by atoms with Crippen LogP contribution in [0.15, 0.2) is 23.1 Å². The Balaban J connectivity index is 1.94. The number of piperidine rings is 1. The van der Waals surface area contributed by atoms with Gasteiger partial charge >= 0.3 is 0 Å². The average molecular weight is 229 g/mol. The molecule has 0 atom stereocenters. The van der Waals surface area contributed by atoms with E-state index in [0.717, 1.165) is 25.9 Å². The molecule has 0 aromatic carbocycles. The first-order valence-corrected chi connectivity index (χ1v) is 5.34. The van der Waals surface area contributed by atoms with Gasteiger partial charge in [0, 0.05) is 25.4 Å². The van der Waals surface area contributed by atoms with Crippen LogP contribution in [0.3, 0.4) is 0 Å². The van der Waals surface area contributed by atoms with Crippen molar-refractivity contribution in [3.8, 4) is 5.75 Å². The normalized spacial score (nSPS) is 19.0. The summed E-state index contributed by atoms with van der Waals surface area (Å²) < 4.78 is 7.44. The zero-order valence-electron chi connectivity index (χ0n) is 8.28. The van der Waals surface area contributed by atoms with Gasteiger partial charge in [-0.15, -0.1) is 0 Å². The highest BCUT2D eigenvalue weighted by Crippen LogP contribution is 2.17. The number of pyridine rings is 1. The molecule has 0 aliphatic carbocycles. The molecule has 0 amide bonds. The van der Waals surface area contributed by atoms with Gasteiger partial charge in [0.05, 0.1) is 0 Å². The number of hydrogen-bond donors (Lipinski definition) is 1. The van der Waals surface area contributed by atoms with E-state index in [0.29, 0.717) is 5.75 Å². The summed E-state index contributed by atoms with van der Waals surface area (Å²) >= 11 is 5.83. The number of hydrogen-bond acceptors (Lipinski definition) is 3. The highest BCUT2D eigenvalue weighted by atomic mass is 35.5. The van der Waals surface area contributed by atoms with E-state index in [-0.39, 0.29) is 11.7 Å². The smallest absolute Gasteiger partial charge is 0.251 e. The average Bonchev–Trinajstić information content (AvgIpc) is 2.22. The number of aromatic amines is 1. The Morgan fingerprint density at radius 3 is 2.87 bits per heavy atom. The first kappa shape index (κ1) is 10.5. The largest absolute Gasteiger partial charge is 0.490 e. The maximum Gasteiger partial charge on any atom is 0.251 e. The van der Waals surface area contributed by atoms with E-state index in [4.69, 9.17) is 16.5 Å². The van der Waals surface area contributed by atoms with Gasteiger partial charge in [0.2, 0.25) is 0 Å². The number of halogens is 1. The second kappa shape index (κ2) is 4.68. The fourth-order valence-corrected chi connectivity index (χ4v) is 1.83. The summed E-state index contributed by atoms with van der Waals surface area (Å²) in [5.41, 5.74) is -0.137. The van der Waals surface area contributed by atoms with Gasteiger partial charge in [-0.1, -0.05) is 0 Å². The summed E-state index contributed by atoms with van der Waals surface area (Å²) in [7, 11) is 0. The van der Waals surface area contributed by atoms with Gasteiger partial charge in [0.25, 0.3) is 5.56 Å². The minimum atomic E-state index is -0.137. The van der Waals surface area contributed by atoms with Crippen molar-refractivity contribution in [3.63, 3.8) is 0 Å². The summed E-state index contributed by atoms with van der Waals surface area (Å²) in [5.74, 6) is 0.631. The van der Waals surface area contributed by atoms with Crippen LogP contribution >= 0.6 is 11.8 Å². The van der Waals surface area contributed by atoms with E-state index >= 15 is 0 Å². The molecule has 2 heterocycles. The molecular formula is C10H13ClN2O2. The van der Waals surface area contributed by atoms with Gasteiger partial charge in [0.1, 0.15) is 11.9 Å². The minimum absolute atomic E-state index is 0.137. The maximum atomic E-state index is 11.0. The van der Waals surface area contributed by atoms with E-state index in [1.807, 2.05) is 0 Å². The van der Waals surface area contributed by atoms with Crippen LogP contribution in [0.5, 0.6) is 5.75 Å². The molecule has 1 saturated heterocycles. The maximum absolute atomic E-state index is 11.0. The van der Waals surface area contributed by atoms with Crippen molar-refractivity contribution in [2.45, 2.75) is 18.9 Å². The number of rotatable bonds is 2. The van der Waals surface area contributed by atoms with Crippen LogP contribution in [0.2, 0.25) is 0 Å². The number of aromatic nitrogens is 1. The van der Waals surface area contributed by atoms with E-state index in [1.165, 1.54) is 6.07 Å². The molecule has 82 valence electrons. The third-order valence-corrected chi connectivity index (χ3v) is 2.77. The fourth-order valence-electron chi connectivity index (χ4n) is 1.63. The van der Waals surface area contributed by atoms with Gasteiger partial charge < -0.3 is 9.72 Å². The molecule has 5 heteroatoms. The first-order chi connectivity index (χ1) is 7.24. The number of nitrogens with one attached hydrogen (secondary N) is 1. The van der Waals surface area contributed by atoms with Gasteiger partial charge in [0.15, 0.2) is 0 Å². The standard InChI is InChI=1S/C10H13ClN2O2/c11-13-5-2-8(3-6-13)15-9-1-4-12-10(14)7-9/h1,4,7-8H,2-3,5-6H2,(H,12,14). The van der Waals surface area contributed by atoms with Gasteiger partial charge in [-0.25, -0.2) is 4.42 Å². The Bertz CT molecular complexity index is 372. The summed E-state index contributed by atoms with van der Waals surface area (Å²) in [6.45, 7) is 1.66. The monoisotopic (exact) mass is 228 g/mol. The quantitative estimate of drug-likeness (QED) is 0.778. The van der Waals surface area contributed by atoms with Crippen molar-refractivity contribution in [1.82, 2.24) is 9.40 Å². The third-order valence-electron chi connectivity index (χ3n) is 2.44. The molecule has 15 heavy (non-hydrogen) atoms. The Kier molecular flexibility index (Phi) is 3.28. The fraction of sp³-hybridized carbons (Fsp3) is 0.500. The second-order valence-electron chi connectivity index (χ2n) is 3.62. The highest BCUT2D eigenvalue weighted by Gasteiger charge is 2.19. The molecule has 0 bridgehead atoms. The van der Waals surface area contributed by atoms with Gasteiger partial charge in [-0.3, -0.25) is 4.79 Å². The van der Waals surface area contributed by atoms with E-state index in [1.54, 1.807) is 16.7 Å². The van der Waals surface area contributed by atoms with E-state index in [2.05, 4.69) is 4.98 Å². The molecule has 1 aromatic heterocycles. The van der Waals surface area contributed by atoms with Crippen molar-refractivity contribution >= 4 is 11.8 Å². The lowest BCUT2D eigenvalue weighted by Crippen LogP contribution is -2.33. The molecule has 0 spiro atoms. The minimum Gasteiger partial charge on any atom is -0.490 e. The van der Waals surface area contributed by atoms with Crippen LogP contribution in [0.4, 0.5) is 0 Å². The topological polar surface area (TPSA) is 45.3 Å². The summed E-state index contributed by atoms with van der Waals surface area (Å²) in [4.78, 5) is 13.6. The predicted octanol–water partition coefficient (Wildman–Crippen LogP) is 1.37. The zero-order chi connectivity index (χ0) is 10.7. The van der Waals surface area contributed by atoms with Crippen molar-refractivity contribution in [1.29, 1.82) is 0 Å². The Morgan fingerprint density at radius 2 is 2.20 bits per heavy atom. The number of H-pyrrole nitrogens is 1. The van der Waals surface area contributed by atoms with Crippen LogP contribution < -0.4 is 10.3 Å². The lowest BCUT2D eigenvalue weighted by Gasteiger charge is -2.27. The first-order valence-electron chi connectivity index (χ1n) is 5.00. The molecule has 1 aliphatic rings. The lowest BCUT2D eigenvalue weighted by atomic mass is 10.1. The lowest BCUT2D eigenvalue weighted by molar-refractivity contribution is 0.136. The molecule has 1 fully saturated rings. The predicted molar refractivity (Wildman–Crippen MR) is 58.1 cm³/mol. The molecule has 0 radical (unpaired) electrons. The van der Waals surface area contributed by atoms with Crippen LogP contribution in [0.1, 0.15) is 12.8 Å². The molecular weight excluding hydrogens is 216 g/mol. The van der Waals surface area contributed by atoms with Gasteiger partial charge in [-0.05, 0) is 30.7 Å².